The number of amides is 2. The van der Waals surface area contributed by atoms with E-state index in [0.29, 0.717) is 32.8 Å². The van der Waals surface area contributed by atoms with Gasteiger partial charge >= 0.3 is 0 Å². The number of thioether (sulfide) groups is 1. The van der Waals surface area contributed by atoms with Gasteiger partial charge < -0.3 is 19.4 Å². The minimum atomic E-state index is -0.302. The lowest BCUT2D eigenvalue weighted by Gasteiger charge is -2.14. The van der Waals surface area contributed by atoms with Crippen LogP contribution in [0, 0.1) is 0 Å². The van der Waals surface area contributed by atoms with E-state index < -0.39 is 0 Å². The molecule has 1 aromatic heterocycles. The van der Waals surface area contributed by atoms with Crippen LogP contribution in [0.4, 0.5) is 0 Å². The maximum absolute atomic E-state index is 12.8. The first kappa shape index (κ1) is 21.8. The van der Waals surface area contributed by atoms with E-state index in [1.807, 2.05) is 10.8 Å². The average Bonchev–Trinajstić information content (AvgIpc) is 3.35. The summed E-state index contributed by atoms with van der Waals surface area (Å²) >= 11 is 6.47. The van der Waals surface area contributed by atoms with Crippen molar-refractivity contribution >= 4 is 46.2 Å². The predicted molar refractivity (Wildman–Crippen MR) is 119 cm³/mol. The summed E-state index contributed by atoms with van der Waals surface area (Å²) in [5.41, 5.74) is 0.696. The number of imidazole rings is 1. The number of benzene rings is 1. The number of methoxy groups -OCH3 is 2. The molecular weight excluding hydrogens is 424 g/mol. The molecule has 3 rings (SSSR count). The van der Waals surface area contributed by atoms with Gasteiger partial charge in [0.05, 0.1) is 25.5 Å². The van der Waals surface area contributed by atoms with Gasteiger partial charge in [0.15, 0.2) is 0 Å². The highest BCUT2D eigenvalue weighted by molar-refractivity contribution is 8.26. The summed E-state index contributed by atoms with van der Waals surface area (Å²) in [5.74, 6) is 0.699. The normalized spacial score (nSPS) is 15.0. The van der Waals surface area contributed by atoms with E-state index >= 15 is 0 Å². The van der Waals surface area contributed by atoms with Gasteiger partial charge in [-0.25, -0.2) is 4.98 Å². The highest BCUT2D eigenvalue weighted by Gasteiger charge is 2.33. The summed E-state index contributed by atoms with van der Waals surface area (Å²) in [6.45, 7) is 1.15. The van der Waals surface area contributed by atoms with Gasteiger partial charge in [-0.3, -0.25) is 14.5 Å². The molecule has 10 heteroatoms. The molecule has 8 nitrogen and oxygen atoms in total. The second-order valence-corrected chi connectivity index (χ2v) is 8.06. The minimum absolute atomic E-state index is 0.109. The molecule has 2 heterocycles. The molecule has 1 fully saturated rings. The Kier molecular flexibility index (Phi) is 7.47. The van der Waals surface area contributed by atoms with Crippen LogP contribution in [0.3, 0.4) is 0 Å². The van der Waals surface area contributed by atoms with Gasteiger partial charge in [0.1, 0.15) is 22.4 Å². The smallest absolute Gasteiger partial charge is 0.266 e. The largest absolute Gasteiger partial charge is 0.497 e. The van der Waals surface area contributed by atoms with E-state index in [0.717, 1.165) is 24.7 Å². The molecule has 1 aliphatic heterocycles. The lowest BCUT2D eigenvalue weighted by atomic mass is 10.1. The average molecular weight is 447 g/mol. The molecule has 2 amide bonds. The number of hydrogen-bond donors (Lipinski definition) is 1. The number of aryl methyl sites for hydroxylation is 1. The number of thiocarbonyl (C=S) groups is 1. The van der Waals surface area contributed by atoms with Crippen LogP contribution in [0.25, 0.3) is 6.08 Å². The van der Waals surface area contributed by atoms with E-state index in [9.17, 15) is 9.59 Å². The standard InChI is InChI=1S/C20H22N4O4S2/c1-27-15-4-5-16(28-2)14(10-15)11-17-19(26)24(20(29)30-17)12-18(25)22-6-3-8-23-9-7-21-13-23/h4-5,7,9-11,13H,3,6,8,12H2,1-2H3,(H,22,25)/b17-11-. The number of carbonyl (C=O) groups excluding carboxylic acids is 2. The number of aromatic nitrogens is 2. The third-order valence-corrected chi connectivity index (χ3v) is 5.75. The Balaban J connectivity index is 1.59. The summed E-state index contributed by atoms with van der Waals surface area (Å²) in [5, 5.41) is 2.82. The zero-order valence-electron chi connectivity index (χ0n) is 16.7. The molecule has 0 saturated carbocycles. The van der Waals surface area contributed by atoms with Crippen molar-refractivity contribution in [2.45, 2.75) is 13.0 Å². The van der Waals surface area contributed by atoms with E-state index in [1.165, 1.54) is 4.90 Å². The zero-order valence-corrected chi connectivity index (χ0v) is 18.3. The third kappa shape index (κ3) is 5.39. The summed E-state index contributed by atoms with van der Waals surface area (Å²) < 4.78 is 12.9. The molecule has 30 heavy (non-hydrogen) atoms. The van der Waals surface area contributed by atoms with Crippen LogP contribution in [0.15, 0.2) is 41.8 Å². The second-order valence-electron chi connectivity index (χ2n) is 6.38. The SMILES string of the molecule is COc1ccc(OC)c(/C=C2\SC(=S)N(CC(=O)NCCCn3ccnc3)C2=O)c1. The maximum Gasteiger partial charge on any atom is 0.266 e. The van der Waals surface area contributed by atoms with Gasteiger partial charge in [-0.15, -0.1) is 0 Å². The first-order chi connectivity index (χ1) is 14.5. The number of carbonyl (C=O) groups is 2. The van der Waals surface area contributed by atoms with Crippen LogP contribution < -0.4 is 14.8 Å². The Morgan fingerprint density at radius 1 is 1.33 bits per heavy atom. The summed E-state index contributed by atoms with van der Waals surface area (Å²) in [6.07, 6.45) is 7.76. The molecule has 0 unspecified atom stereocenters. The fraction of sp³-hybridized carbons (Fsp3) is 0.300. The molecule has 0 aliphatic carbocycles. The van der Waals surface area contributed by atoms with Crippen LogP contribution in [0.2, 0.25) is 0 Å². The van der Waals surface area contributed by atoms with Crippen molar-refractivity contribution in [2.75, 3.05) is 27.3 Å². The Bertz CT molecular complexity index is 960. The van der Waals surface area contributed by atoms with Crippen molar-refractivity contribution in [3.63, 3.8) is 0 Å². The molecule has 1 aliphatic rings. The van der Waals surface area contributed by atoms with Gasteiger partial charge in [0, 0.05) is 31.0 Å². The predicted octanol–water partition coefficient (Wildman–Crippen LogP) is 2.31. The Morgan fingerprint density at radius 3 is 2.87 bits per heavy atom. The van der Waals surface area contributed by atoms with Crippen molar-refractivity contribution in [3.05, 3.63) is 47.4 Å². The second kappa shape index (κ2) is 10.3. The molecule has 1 aromatic carbocycles. The lowest BCUT2D eigenvalue weighted by molar-refractivity contribution is -0.128. The maximum atomic E-state index is 12.8. The van der Waals surface area contributed by atoms with Crippen LogP contribution >= 0.6 is 24.0 Å². The molecule has 0 bridgehead atoms. The molecule has 2 aromatic rings. The molecule has 0 spiro atoms. The highest BCUT2D eigenvalue weighted by atomic mass is 32.2. The Hall–Kier alpha value is -2.85. The van der Waals surface area contributed by atoms with Crippen LogP contribution in [0.1, 0.15) is 12.0 Å². The van der Waals surface area contributed by atoms with Gasteiger partial charge in [-0.2, -0.15) is 0 Å². The van der Waals surface area contributed by atoms with Crippen molar-refractivity contribution in [3.8, 4) is 11.5 Å². The fourth-order valence-corrected chi connectivity index (χ4v) is 4.08. The van der Waals surface area contributed by atoms with Gasteiger partial charge in [0.2, 0.25) is 5.91 Å². The monoisotopic (exact) mass is 446 g/mol. The van der Waals surface area contributed by atoms with Crippen molar-refractivity contribution in [1.82, 2.24) is 19.8 Å². The molecule has 1 saturated heterocycles. The number of ether oxygens (including phenoxy) is 2. The zero-order chi connectivity index (χ0) is 21.5. The number of rotatable bonds is 9. The molecule has 1 N–H and O–H groups in total. The quantitative estimate of drug-likeness (QED) is 0.359. The van der Waals surface area contributed by atoms with Gasteiger partial charge in [-0.1, -0.05) is 24.0 Å². The van der Waals surface area contributed by atoms with Crippen LogP contribution in [-0.4, -0.2) is 57.9 Å². The first-order valence-electron chi connectivity index (χ1n) is 9.21. The van der Waals surface area contributed by atoms with Gasteiger partial charge in [-0.05, 0) is 30.7 Å². The van der Waals surface area contributed by atoms with E-state index in [1.54, 1.807) is 51.0 Å². The Labute approximate surface area is 184 Å². The minimum Gasteiger partial charge on any atom is -0.497 e. The Morgan fingerprint density at radius 2 is 2.17 bits per heavy atom. The number of nitrogens with zero attached hydrogens (tertiary/aromatic N) is 3. The summed E-state index contributed by atoms with van der Waals surface area (Å²) in [7, 11) is 3.13. The molecular formula is C20H22N4O4S2. The summed E-state index contributed by atoms with van der Waals surface area (Å²) in [6, 6.07) is 5.32. The van der Waals surface area contributed by atoms with E-state index in [2.05, 4.69) is 10.3 Å². The van der Waals surface area contributed by atoms with Gasteiger partial charge in [0.25, 0.3) is 5.91 Å². The topological polar surface area (TPSA) is 85.7 Å². The molecule has 158 valence electrons. The van der Waals surface area contributed by atoms with Crippen molar-refractivity contribution in [2.24, 2.45) is 0 Å². The molecule has 0 radical (unpaired) electrons. The third-order valence-electron chi connectivity index (χ3n) is 4.37. The lowest BCUT2D eigenvalue weighted by Crippen LogP contribution is -2.39. The summed E-state index contributed by atoms with van der Waals surface area (Å²) in [4.78, 5) is 30.7. The number of nitrogens with one attached hydrogen (secondary N) is 1. The first-order valence-corrected chi connectivity index (χ1v) is 10.4. The highest BCUT2D eigenvalue weighted by Crippen LogP contribution is 2.35. The van der Waals surface area contributed by atoms with Crippen LogP contribution in [0.5, 0.6) is 11.5 Å². The molecule has 0 atom stereocenters. The fourth-order valence-electron chi connectivity index (χ4n) is 2.84. The van der Waals surface area contributed by atoms with Crippen LogP contribution in [-0.2, 0) is 16.1 Å². The van der Waals surface area contributed by atoms with E-state index in [4.69, 9.17) is 21.7 Å². The van der Waals surface area contributed by atoms with Crippen molar-refractivity contribution < 1.29 is 19.1 Å². The number of hydrogen-bond acceptors (Lipinski definition) is 7. The van der Waals surface area contributed by atoms with E-state index in [-0.39, 0.29) is 18.4 Å². The van der Waals surface area contributed by atoms with Crippen molar-refractivity contribution in [1.29, 1.82) is 0 Å².